The van der Waals surface area contributed by atoms with Gasteiger partial charge in [-0.15, -0.1) is 0 Å². The number of nitrogens with zero attached hydrogens (tertiary/aromatic N) is 4. The predicted molar refractivity (Wildman–Crippen MR) is 126 cm³/mol. The number of aromatic nitrogens is 3. The van der Waals surface area contributed by atoms with Crippen LogP contribution in [0, 0.1) is 0 Å². The Balaban J connectivity index is 1.49. The molecule has 0 unspecified atom stereocenters. The third-order valence-electron chi connectivity index (χ3n) is 6.23. The van der Waals surface area contributed by atoms with Crippen molar-refractivity contribution in [2.24, 2.45) is 0 Å². The van der Waals surface area contributed by atoms with Crippen molar-refractivity contribution in [1.29, 1.82) is 0 Å². The van der Waals surface area contributed by atoms with Gasteiger partial charge in [0.2, 0.25) is 0 Å². The third-order valence-corrected chi connectivity index (χ3v) is 6.23. The van der Waals surface area contributed by atoms with E-state index in [-0.39, 0.29) is 18.0 Å². The second kappa shape index (κ2) is 10.8. The highest BCUT2D eigenvalue weighted by Crippen LogP contribution is 2.32. The van der Waals surface area contributed by atoms with Crippen LogP contribution in [-0.4, -0.2) is 72.8 Å². The van der Waals surface area contributed by atoms with Gasteiger partial charge in [-0.25, -0.2) is 4.98 Å². The number of ether oxygens (including phenoxy) is 3. The number of fused-ring (bicyclic) bond motifs is 1. The van der Waals surface area contributed by atoms with Gasteiger partial charge in [-0.05, 0) is 31.0 Å². The van der Waals surface area contributed by atoms with Gasteiger partial charge in [0.05, 0.1) is 24.4 Å². The van der Waals surface area contributed by atoms with Gasteiger partial charge in [-0.3, -0.25) is 14.4 Å². The molecule has 9 nitrogen and oxygen atoms in total. The SMILES string of the molecule is COc1cc2nn(C3CCN(CC(OC)OC)CC3)cc2cc1NC(=O)c1cccc(C(F)(F)F)n1. The molecule has 2 aromatic heterocycles. The lowest BCUT2D eigenvalue weighted by atomic mass is 10.1. The molecule has 3 heterocycles. The summed E-state index contributed by atoms with van der Waals surface area (Å²) in [6.45, 7) is 2.44. The quantitative estimate of drug-likeness (QED) is 0.462. The number of likely N-dealkylation sites (tertiary alicyclic amines) is 1. The molecular formula is C24H28F3N5O4. The Labute approximate surface area is 206 Å². The lowest BCUT2D eigenvalue weighted by Gasteiger charge is -2.33. The van der Waals surface area contributed by atoms with Gasteiger partial charge in [-0.2, -0.15) is 18.3 Å². The van der Waals surface area contributed by atoms with Crippen LogP contribution in [0.5, 0.6) is 5.75 Å². The number of piperidine rings is 1. The standard InChI is InChI=1S/C24H28F3N5O4/c1-34-20-12-18-15(11-19(20)29-23(33)17-5-4-6-21(28-17)24(25,26)27)13-32(30-18)16-7-9-31(10-8-16)14-22(35-2)36-3/h4-6,11-13,16,22H,7-10,14H2,1-3H3,(H,29,33). The molecule has 4 rings (SSSR count). The number of carbonyl (C=O) groups is 1. The Hall–Kier alpha value is -3.22. The largest absolute Gasteiger partial charge is 0.494 e. The highest BCUT2D eigenvalue weighted by molar-refractivity contribution is 6.05. The van der Waals surface area contributed by atoms with Crippen molar-refractivity contribution in [3.05, 3.63) is 47.9 Å². The van der Waals surface area contributed by atoms with E-state index >= 15 is 0 Å². The molecular weight excluding hydrogens is 479 g/mol. The number of amides is 1. The fourth-order valence-corrected chi connectivity index (χ4v) is 4.25. The number of halogens is 3. The Bertz CT molecular complexity index is 1200. The smallest absolute Gasteiger partial charge is 0.433 e. The van der Waals surface area contributed by atoms with Crippen LogP contribution in [0.2, 0.25) is 0 Å². The van der Waals surface area contributed by atoms with E-state index in [0.29, 0.717) is 23.5 Å². The first-order chi connectivity index (χ1) is 17.2. The molecule has 0 aliphatic carbocycles. The minimum atomic E-state index is -4.65. The third kappa shape index (κ3) is 5.77. The lowest BCUT2D eigenvalue weighted by Crippen LogP contribution is -2.40. The van der Waals surface area contributed by atoms with Crippen molar-refractivity contribution in [2.45, 2.75) is 31.3 Å². The Morgan fingerprint density at radius 3 is 2.53 bits per heavy atom. The first-order valence-corrected chi connectivity index (χ1v) is 11.4. The molecule has 0 spiro atoms. The van der Waals surface area contributed by atoms with Gasteiger partial charge in [-0.1, -0.05) is 6.07 Å². The molecule has 0 atom stereocenters. The summed E-state index contributed by atoms with van der Waals surface area (Å²) in [4.78, 5) is 18.4. The number of alkyl halides is 3. The summed E-state index contributed by atoms with van der Waals surface area (Å²) in [5.74, 6) is -0.433. The van der Waals surface area contributed by atoms with E-state index in [1.165, 1.54) is 13.2 Å². The predicted octanol–water partition coefficient (Wildman–Crippen LogP) is 3.97. The van der Waals surface area contributed by atoms with E-state index in [1.54, 1.807) is 26.4 Å². The number of pyridine rings is 1. The topological polar surface area (TPSA) is 90.7 Å². The molecule has 1 aliphatic heterocycles. The molecule has 1 aliphatic rings. The molecule has 1 fully saturated rings. The van der Waals surface area contributed by atoms with Crippen LogP contribution in [0.3, 0.4) is 0 Å². The first kappa shape index (κ1) is 25.9. The zero-order valence-electron chi connectivity index (χ0n) is 20.2. The summed E-state index contributed by atoms with van der Waals surface area (Å²) in [7, 11) is 4.69. The highest BCUT2D eigenvalue weighted by Gasteiger charge is 2.33. The van der Waals surface area contributed by atoms with Crippen LogP contribution < -0.4 is 10.1 Å². The summed E-state index contributed by atoms with van der Waals surface area (Å²) in [6, 6.07) is 6.77. The fraction of sp³-hybridized carbons (Fsp3) is 0.458. The van der Waals surface area contributed by atoms with E-state index in [2.05, 4.69) is 15.2 Å². The molecule has 1 N–H and O–H groups in total. The Morgan fingerprint density at radius 2 is 1.89 bits per heavy atom. The summed E-state index contributed by atoms with van der Waals surface area (Å²) < 4.78 is 56.8. The van der Waals surface area contributed by atoms with E-state index in [0.717, 1.165) is 43.5 Å². The van der Waals surface area contributed by atoms with Crippen molar-refractivity contribution < 1.29 is 32.2 Å². The molecule has 194 valence electrons. The zero-order valence-corrected chi connectivity index (χ0v) is 20.2. The average molecular weight is 508 g/mol. The molecule has 0 bridgehead atoms. The van der Waals surface area contributed by atoms with E-state index < -0.39 is 17.8 Å². The second-order valence-electron chi connectivity index (χ2n) is 8.51. The van der Waals surface area contributed by atoms with Crippen molar-refractivity contribution in [2.75, 3.05) is 46.3 Å². The number of rotatable bonds is 8. The maximum Gasteiger partial charge on any atom is 0.433 e. The number of benzene rings is 1. The number of carbonyl (C=O) groups excluding carboxylic acids is 1. The maximum atomic E-state index is 13.0. The molecule has 1 amide bonds. The van der Waals surface area contributed by atoms with Gasteiger partial charge in [0.15, 0.2) is 6.29 Å². The minimum absolute atomic E-state index is 0.204. The molecule has 3 aromatic rings. The summed E-state index contributed by atoms with van der Waals surface area (Å²) in [6.07, 6.45) is -1.21. The molecule has 0 radical (unpaired) electrons. The van der Waals surface area contributed by atoms with Crippen LogP contribution >= 0.6 is 0 Å². The minimum Gasteiger partial charge on any atom is -0.494 e. The molecule has 0 saturated carbocycles. The van der Waals surface area contributed by atoms with Crippen LogP contribution in [-0.2, 0) is 15.7 Å². The normalized spacial score (nSPS) is 15.5. The van der Waals surface area contributed by atoms with E-state index in [4.69, 9.17) is 19.3 Å². The van der Waals surface area contributed by atoms with Gasteiger partial charge in [0, 0.05) is 51.5 Å². The Kier molecular flexibility index (Phi) is 7.76. The average Bonchev–Trinajstić information content (AvgIpc) is 3.29. The fourth-order valence-electron chi connectivity index (χ4n) is 4.25. The van der Waals surface area contributed by atoms with E-state index in [9.17, 15) is 18.0 Å². The van der Waals surface area contributed by atoms with Crippen molar-refractivity contribution in [1.82, 2.24) is 19.7 Å². The summed E-state index contributed by atoms with van der Waals surface area (Å²) in [5.41, 5.74) is -0.486. The maximum absolute atomic E-state index is 13.0. The highest BCUT2D eigenvalue weighted by atomic mass is 19.4. The molecule has 1 saturated heterocycles. The monoisotopic (exact) mass is 507 g/mol. The number of methoxy groups -OCH3 is 3. The van der Waals surface area contributed by atoms with E-state index in [1.807, 2.05) is 10.9 Å². The van der Waals surface area contributed by atoms with Crippen LogP contribution in [0.1, 0.15) is 35.1 Å². The van der Waals surface area contributed by atoms with Crippen molar-refractivity contribution >= 4 is 22.5 Å². The van der Waals surface area contributed by atoms with Gasteiger partial charge in [0.1, 0.15) is 17.1 Å². The lowest BCUT2D eigenvalue weighted by molar-refractivity contribution is -0.141. The van der Waals surface area contributed by atoms with Gasteiger partial charge < -0.3 is 19.5 Å². The number of hydrogen-bond donors (Lipinski definition) is 1. The molecule has 12 heteroatoms. The van der Waals surface area contributed by atoms with Gasteiger partial charge >= 0.3 is 6.18 Å². The van der Waals surface area contributed by atoms with Crippen LogP contribution in [0.25, 0.3) is 10.9 Å². The van der Waals surface area contributed by atoms with Crippen molar-refractivity contribution in [3.8, 4) is 5.75 Å². The summed E-state index contributed by atoms with van der Waals surface area (Å²) in [5, 5.41) is 8.08. The van der Waals surface area contributed by atoms with Gasteiger partial charge in [0.25, 0.3) is 5.91 Å². The second-order valence-corrected chi connectivity index (χ2v) is 8.51. The van der Waals surface area contributed by atoms with Crippen LogP contribution in [0.4, 0.5) is 18.9 Å². The van der Waals surface area contributed by atoms with Crippen molar-refractivity contribution in [3.63, 3.8) is 0 Å². The number of nitrogens with one attached hydrogen (secondary N) is 1. The summed E-state index contributed by atoms with van der Waals surface area (Å²) >= 11 is 0. The van der Waals surface area contributed by atoms with Crippen LogP contribution in [0.15, 0.2) is 36.5 Å². The number of anilines is 1. The Morgan fingerprint density at radius 1 is 1.17 bits per heavy atom. The molecule has 1 aromatic carbocycles. The first-order valence-electron chi connectivity index (χ1n) is 11.4. The zero-order chi connectivity index (χ0) is 25.9. The molecule has 36 heavy (non-hydrogen) atoms. The number of hydrogen-bond acceptors (Lipinski definition) is 7.